The zero-order valence-electron chi connectivity index (χ0n) is 14.1. The van der Waals surface area contributed by atoms with Crippen LogP contribution in [0.15, 0.2) is 12.3 Å². The molecule has 2 heterocycles. The van der Waals surface area contributed by atoms with Crippen molar-refractivity contribution in [1.29, 1.82) is 0 Å². The molecule has 0 unspecified atom stereocenters. The minimum atomic E-state index is -4.46. The molecule has 0 saturated carbocycles. The van der Waals surface area contributed by atoms with E-state index < -0.39 is 11.9 Å². The van der Waals surface area contributed by atoms with Crippen LogP contribution in [0.5, 0.6) is 0 Å². The number of piperidine rings is 1. The predicted octanol–water partition coefficient (Wildman–Crippen LogP) is 4.03. The van der Waals surface area contributed by atoms with E-state index in [1.807, 2.05) is 11.8 Å². The molecule has 0 radical (unpaired) electrons. The van der Waals surface area contributed by atoms with Gasteiger partial charge in [0.1, 0.15) is 11.5 Å². The molecule has 0 N–H and O–H groups in total. The summed E-state index contributed by atoms with van der Waals surface area (Å²) in [6.07, 6.45) is 0.889. The van der Waals surface area contributed by atoms with Crippen LogP contribution in [-0.2, 0) is 11.0 Å². The van der Waals surface area contributed by atoms with Crippen LogP contribution < -0.4 is 0 Å². The Hall–Kier alpha value is -1.66. The van der Waals surface area contributed by atoms with Crippen LogP contribution in [0.2, 0.25) is 0 Å². The van der Waals surface area contributed by atoms with Crippen molar-refractivity contribution < 1.29 is 18.0 Å². The Morgan fingerprint density at radius 3 is 2.62 bits per heavy atom. The van der Waals surface area contributed by atoms with Gasteiger partial charge in [0, 0.05) is 31.1 Å². The topological polar surface area (TPSA) is 46.1 Å². The number of halogens is 3. The number of rotatable bonds is 5. The lowest BCUT2D eigenvalue weighted by molar-refractivity contribution is -0.141. The molecule has 0 aromatic carbocycles. The first-order valence-corrected chi connectivity index (χ1v) is 8.51. The normalized spacial score (nSPS) is 17.8. The van der Waals surface area contributed by atoms with Crippen LogP contribution >= 0.6 is 0 Å². The van der Waals surface area contributed by atoms with E-state index in [-0.39, 0.29) is 23.6 Å². The SMILES string of the molecule is CCCC[C@H](C)C(=O)N1CCC(c2nccc(C(F)(F)F)n2)CC1. The molecule has 1 amide bonds. The Morgan fingerprint density at radius 1 is 1.38 bits per heavy atom. The van der Waals surface area contributed by atoms with Crippen molar-refractivity contribution in [2.45, 2.75) is 58.0 Å². The number of amides is 1. The lowest BCUT2D eigenvalue weighted by Crippen LogP contribution is -2.41. The Balaban J connectivity index is 1.94. The molecule has 134 valence electrons. The van der Waals surface area contributed by atoms with Crippen LogP contribution in [0.25, 0.3) is 0 Å². The summed E-state index contributed by atoms with van der Waals surface area (Å²) in [4.78, 5) is 21.9. The van der Waals surface area contributed by atoms with Gasteiger partial charge in [-0.05, 0) is 25.3 Å². The Labute approximate surface area is 140 Å². The molecule has 1 aromatic heterocycles. The summed E-state index contributed by atoms with van der Waals surface area (Å²) in [5.41, 5.74) is -0.904. The Morgan fingerprint density at radius 2 is 2.04 bits per heavy atom. The zero-order valence-corrected chi connectivity index (χ0v) is 14.1. The summed E-state index contributed by atoms with van der Waals surface area (Å²) in [5, 5.41) is 0. The van der Waals surface area contributed by atoms with Gasteiger partial charge in [-0.1, -0.05) is 26.7 Å². The van der Waals surface area contributed by atoms with Crippen LogP contribution in [0.4, 0.5) is 13.2 Å². The van der Waals surface area contributed by atoms with Gasteiger partial charge in [0.15, 0.2) is 0 Å². The molecule has 0 spiro atoms. The number of hydrogen-bond donors (Lipinski definition) is 0. The van der Waals surface area contributed by atoms with Gasteiger partial charge < -0.3 is 4.90 Å². The summed E-state index contributed by atoms with van der Waals surface area (Å²) in [6.45, 7) is 5.15. The maximum Gasteiger partial charge on any atom is 0.433 e. The largest absolute Gasteiger partial charge is 0.433 e. The maximum absolute atomic E-state index is 12.8. The number of alkyl halides is 3. The highest BCUT2D eigenvalue weighted by molar-refractivity contribution is 5.78. The monoisotopic (exact) mass is 343 g/mol. The van der Waals surface area contributed by atoms with E-state index in [0.717, 1.165) is 31.5 Å². The van der Waals surface area contributed by atoms with Gasteiger partial charge in [0.25, 0.3) is 0 Å². The summed E-state index contributed by atoms with van der Waals surface area (Å²) < 4.78 is 38.3. The quantitative estimate of drug-likeness (QED) is 0.811. The van der Waals surface area contributed by atoms with E-state index >= 15 is 0 Å². The fourth-order valence-corrected chi connectivity index (χ4v) is 3.03. The van der Waals surface area contributed by atoms with Gasteiger partial charge in [-0.3, -0.25) is 4.79 Å². The first kappa shape index (κ1) is 18.7. The summed E-state index contributed by atoms with van der Waals surface area (Å²) in [5.74, 6) is 0.261. The van der Waals surface area contributed by atoms with Gasteiger partial charge in [-0.2, -0.15) is 13.2 Å². The van der Waals surface area contributed by atoms with Crippen LogP contribution in [0.1, 0.15) is 63.4 Å². The fourth-order valence-electron chi connectivity index (χ4n) is 3.03. The Kier molecular flexibility index (Phi) is 6.18. The molecule has 1 atom stereocenters. The lowest BCUT2D eigenvalue weighted by atomic mass is 9.94. The van der Waals surface area contributed by atoms with E-state index in [1.165, 1.54) is 0 Å². The second kappa shape index (κ2) is 7.94. The van der Waals surface area contributed by atoms with Gasteiger partial charge in [-0.25, -0.2) is 9.97 Å². The second-order valence-corrected chi connectivity index (χ2v) is 6.44. The van der Waals surface area contributed by atoms with Crippen molar-refractivity contribution >= 4 is 5.91 Å². The van der Waals surface area contributed by atoms with Crippen LogP contribution in [0.3, 0.4) is 0 Å². The number of nitrogens with zero attached hydrogens (tertiary/aromatic N) is 3. The fraction of sp³-hybridized carbons (Fsp3) is 0.706. The third-order valence-electron chi connectivity index (χ3n) is 4.55. The molecule has 1 aliphatic rings. The summed E-state index contributed by atoms with van der Waals surface area (Å²) in [7, 11) is 0. The highest BCUT2D eigenvalue weighted by Gasteiger charge is 2.34. The van der Waals surface area contributed by atoms with Gasteiger partial charge in [-0.15, -0.1) is 0 Å². The number of unbranched alkanes of at least 4 members (excludes halogenated alkanes) is 1. The number of carbonyl (C=O) groups excluding carboxylic acids is 1. The van der Waals surface area contributed by atoms with Crippen LogP contribution in [-0.4, -0.2) is 33.9 Å². The standard InChI is InChI=1S/C17H24F3N3O/c1-3-4-5-12(2)16(24)23-10-7-13(8-11-23)15-21-9-6-14(22-15)17(18,19)20/h6,9,12-13H,3-5,7-8,10-11H2,1-2H3/t12-/m0/s1. The van der Waals surface area contributed by atoms with Crippen molar-refractivity contribution in [3.8, 4) is 0 Å². The summed E-state index contributed by atoms with van der Waals surface area (Å²) in [6, 6.07) is 0.886. The van der Waals surface area contributed by atoms with E-state index in [4.69, 9.17) is 0 Å². The molecule has 24 heavy (non-hydrogen) atoms. The predicted molar refractivity (Wildman–Crippen MR) is 84.3 cm³/mol. The van der Waals surface area contributed by atoms with E-state index in [2.05, 4.69) is 16.9 Å². The molecule has 2 rings (SSSR count). The average molecular weight is 343 g/mol. The van der Waals surface area contributed by atoms with Crippen molar-refractivity contribution in [1.82, 2.24) is 14.9 Å². The molecule has 4 nitrogen and oxygen atoms in total. The van der Waals surface area contributed by atoms with Gasteiger partial charge in [0.2, 0.25) is 5.91 Å². The smallest absolute Gasteiger partial charge is 0.342 e. The minimum Gasteiger partial charge on any atom is -0.342 e. The number of carbonyl (C=O) groups is 1. The van der Waals surface area contributed by atoms with Crippen molar-refractivity contribution in [2.24, 2.45) is 5.92 Å². The van der Waals surface area contributed by atoms with Crippen molar-refractivity contribution in [3.05, 3.63) is 23.8 Å². The molecule has 7 heteroatoms. The number of likely N-dealkylation sites (tertiary alicyclic amines) is 1. The molecule has 1 aromatic rings. The molecule has 0 bridgehead atoms. The lowest BCUT2D eigenvalue weighted by Gasteiger charge is -2.33. The van der Waals surface area contributed by atoms with Crippen molar-refractivity contribution in [2.75, 3.05) is 13.1 Å². The van der Waals surface area contributed by atoms with Crippen LogP contribution in [0, 0.1) is 5.92 Å². The minimum absolute atomic E-state index is 0.00584. The molecular formula is C17H24F3N3O. The highest BCUT2D eigenvalue weighted by atomic mass is 19.4. The summed E-state index contributed by atoms with van der Waals surface area (Å²) >= 11 is 0. The molecular weight excluding hydrogens is 319 g/mol. The van der Waals surface area contributed by atoms with E-state index in [9.17, 15) is 18.0 Å². The van der Waals surface area contributed by atoms with Crippen molar-refractivity contribution in [3.63, 3.8) is 0 Å². The highest BCUT2D eigenvalue weighted by Crippen LogP contribution is 2.31. The maximum atomic E-state index is 12.8. The second-order valence-electron chi connectivity index (χ2n) is 6.44. The molecule has 1 saturated heterocycles. The number of hydrogen-bond acceptors (Lipinski definition) is 3. The van der Waals surface area contributed by atoms with Gasteiger partial charge in [0.05, 0.1) is 0 Å². The first-order chi connectivity index (χ1) is 11.3. The van der Waals surface area contributed by atoms with Gasteiger partial charge >= 0.3 is 6.18 Å². The third-order valence-corrected chi connectivity index (χ3v) is 4.55. The number of aromatic nitrogens is 2. The molecule has 1 aliphatic heterocycles. The van der Waals surface area contributed by atoms with E-state index in [0.29, 0.717) is 25.9 Å². The molecule has 1 fully saturated rings. The zero-order chi connectivity index (χ0) is 17.7. The third kappa shape index (κ3) is 4.68. The van der Waals surface area contributed by atoms with E-state index in [1.54, 1.807) is 0 Å². The first-order valence-electron chi connectivity index (χ1n) is 8.51. The average Bonchev–Trinajstić information content (AvgIpc) is 2.58. The molecule has 0 aliphatic carbocycles. The Bertz CT molecular complexity index is 554.